The zero-order valence-corrected chi connectivity index (χ0v) is 14.8. The van der Waals surface area contributed by atoms with Crippen molar-refractivity contribution in [3.63, 3.8) is 0 Å². The highest BCUT2D eigenvalue weighted by Gasteiger charge is 2.31. The first-order valence-corrected chi connectivity index (χ1v) is 8.86. The molecule has 6 heteroatoms. The molecule has 1 aromatic carbocycles. The molecule has 0 heterocycles. The van der Waals surface area contributed by atoms with E-state index in [0.29, 0.717) is 17.9 Å². The molecule has 0 radical (unpaired) electrons. The van der Waals surface area contributed by atoms with E-state index in [1.165, 1.54) is 6.92 Å². The van der Waals surface area contributed by atoms with Gasteiger partial charge in [0.2, 0.25) is 11.8 Å². The first kappa shape index (κ1) is 19.0. The van der Waals surface area contributed by atoms with Gasteiger partial charge in [0, 0.05) is 12.6 Å². The number of ether oxygens (including phenoxy) is 1. The maximum atomic E-state index is 12.6. The fraction of sp³-hybridized carbons (Fsp3) is 0.526. The summed E-state index contributed by atoms with van der Waals surface area (Å²) in [7, 11) is 0. The molecule has 1 aliphatic carbocycles. The number of hydrogen-bond acceptors (Lipinski definition) is 4. The number of carbonyl (C=O) groups excluding carboxylic acids is 3. The highest BCUT2D eigenvalue weighted by molar-refractivity contribution is 5.97. The van der Waals surface area contributed by atoms with Crippen molar-refractivity contribution in [2.75, 3.05) is 11.9 Å². The summed E-state index contributed by atoms with van der Waals surface area (Å²) in [4.78, 5) is 35.8. The van der Waals surface area contributed by atoms with Gasteiger partial charge in [0.1, 0.15) is 6.04 Å². The molecule has 1 aromatic rings. The quantitative estimate of drug-likeness (QED) is 0.744. The van der Waals surface area contributed by atoms with E-state index >= 15 is 0 Å². The molecule has 1 atom stereocenters. The Morgan fingerprint density at radius 3 is 2.36 bits per heavy atom. The normalized spacial score (nSPS) is 15.4. The lowest BCUT2D eigenvalue weighted by Gasteiger charge is -2.23. The lowest BCUT2D eigenvalue weighted by atomic mass is 9.97. The van der Waals surface area contributed by atoms with Crippen LogP contribution in [0, 0.1) is 5.92 Å². The highest BCUT2D eigenvalue weighted by Crippen LogP contribution is 2.28. The number of amides is 2. The molecule has 6 nitrogen and oxygen atoms in total. The molecule has 0 aromatic heterocycles. The fourth-order valence-corrected chi connectivity index (χ4v) is 3.09. The van der Waals surface area contributed by atoms with Crippen LogP contribution in [0.15, 0.2) is 24.3 Å². The Balaban J connectivity index is 1.99. The van der Waals surface area contributed by atoms with Gasteiger partial charge in [0.15, 0.2) is 0 Å². The van der Waals surface area contributed by atoms with E-state index in [4.69, 9.17) is 4.74 Å². The van der Waals surface area contributed by atoms with Crippen LogP contribution < -0.4 is 10.6 Å². The van der Waals surface area contributed by atoms with Gasteiger partial charge in [-0.3, -0.25) is 9.59 Å². The average molecular weight is 346 g/mol. The van der Waals surface area contributed by atoms with Crippen molar-refractivity contribution < 1.29 is 19.1 Å². The molecule has 0 spiro atoms. The number of esters is 1. The number of rotatable bonds is 7. The van der Waals surface area contributed by atoms with Gasteiger partial charge in [-0.2, -0.15) is 0 Å². The number of carbonyl (C=O) groups is 3. The summed E-state index contributed by atoms with van der Waals surface area (Å²) in [5.41, 5.74) is 1.03. The zero-order chi connectivity index (χ0) is 18.2. The fourth-order valence-electron chi connectivity index (χ4n) is 3.09. The van der Waals surface area contributed by atoms with Gasteiger partial charge in [-0.15, -0.1) is 0 Å². The third kappa shape index (κ3) is 5.59. The Bertz CT molecular complexity index is 606. The predicted molar refractivity (Wildman–Crippen MR) is 95.2 cm³/mol. The van der Waals surface area contributed by atoms with Crippen LogP contribution in [-0.2, 0) is 14.3 Å². The van der Waals surface area contributed by atoms with Gasteiger partial charge in [-0.25, -0.2) is 4.79 Å². The minimum Gasteiger partial charge on any atom is -0.462 e. The van der Waals surface area contributed by atoms with E-state index in [1.807, 2.05) is 6.92 Å². The number of anilines is 1. The van der Waals surface area contributed by atoms with E-state index in [9.17, 15) is 14.4 Å². The summed E-state index contributed by atoms with van der Waals surface area (Å²) < 4.78 is 5.07. The van der Waals surface area contributed by atoms with E-state index in [0.717, 1.165) is 32.1 Å². The molecule has 25 heavy (non-hydrogen) atoms. The molecule has 0 aliphatic heterocycles. The van der Waals surface area contributed by atoms with Gasteiger partial charge in [0.25, 0.3) is 0 Å². The third-order valence-corrected chi connectivity index (χ3v) is 4.34. The molecule has 0 bridgehead atoms. The Morgan fingerprint density at radius 2 is 1.80 bits per heavy atom. The Hall–Kier alpha value is -2.37. The predicted octanol–water partition coefficient (Wildman–Crippen LogP) is 2.89. The molecular weight excluding hydrogens is 320 g/mol. The van der Waals surface area contributed by atoms with Crippen molar-refractivity contribution in [3.05, 3.63) is 29.8 Å². The average Bonchev–Trinajstić information content (AvgIpc) is 3.12. The van der Waals surface area contributed by atoms with Crippen LogP contribution in [0.4, 0.5) is 5.69 Å². The van der Waals surface area contributed by atoms with Crippen LogP contribution in [0.5, 0.6) is 0 Å². The Morgan fingerprint density at radius 1 is 1.16 bits per heavy atom. The van der Waals surface area contributed by atoms with Crippen LogP contribution in [0.1, 0.15) is 56.3 Å². The van der Waals surface area contributed by atoms with Crippen LogP contribution in [0.2, 0.25) is 0 Å². The van der Waals surface area contributed by atoms with Crippen molar-refractivity contribution in [2.24, 2.45) is 5.92 Å². The Labute approximate surface area is 148 Å². The lowest BCUT2D eigenvalue weighted by molar-refractivity contribution is -0.126. The van der Waals surface area contributed by atoms with Gasteiger partial charge < -0.3 is 15.4 Å². The standard InChI is InChI=1S/C19H26N2O4/c1-3-12-25-19(24)15-8-10-16(11-9-15)21-18(23)17(20-13(2)22)14-6-4-5-7-14/h8-11,14,17H,3-7,12H2,1-2H3,(H,20,22)(H,21,23)/t17-/m1/s1. The zero-order valence-electron chi connectivity index (χ0n) is 14.8. The molecule has 1 aliphatic rings. The van der Waals surface area contributed by atoms with Gasteiger partial charge in [0.05, 0.1) is 12.2 Å². The monoisotopic (exact) mass is 346 g/mol. The van der Waals surface area contributed by atoms with Crippen molar-refractivity contribution in [1.29, 1.82) is 0 Å². The number of hydrogen-bond donors (Lipinski definition) is 2. The second-order valence-electron chi connectivity index (χ2n) is 6.43. The van der Waals surface area contributed by atoms with Crippen LogP contribution in [0.3, 0.4) is 0 Å². The summed E-state index contributed by atoms with van der Waals surface area (Å²) in [5.74, 6) is -0.626. The van der Waals surface area contributed by atoms with Gasteiger partial charge in [-0.05, 0) is 49.4 Å². The minimum atomic E-state index is -0.519. The van der Waals surface area contributed by atoms with Crippen molar-refractivity contribution in [1.82, 2.24) is 5.32 Å². The summed E-state index contributed by atoms with van der Waals surface area (Å²) in [6.45, 7) is 3.74. The maximum Gasteiger partial charge on any atom is 0.338 e. The van der Waals surface area contributed by atoms with Crippen molar-refractivity contribution >= 4 is 23.5 Å². The topological polar surface area (TPSA) is 84.5 Å². The van der Waals surface area contributed by atoms with Gasteiger partial charge >= 0.3 is 5.97 Å². The summed E-state index contributed by atoms with van der Waals surface area (Å²) in [5, 5.41) is 5.60. The lowest BCUT2D eigenvalue weighted by Crippen LogP contribution is -2.47. The highest BCUT2D eigenvalue weighted by atomic mass is 16.5. The molecule has 1 fully saturated rings. The van der Waals surface area contributed by atoms with E-state index < -0.39 is 6.04 Å². The molecule has 2 rings (SSSR count). The molecule has 0 saturated heterocycles. The smallest absolute Gasteiger partial charge is 0.338 e. The van der Waals surface area contributed by atoms with E-state index in [2.05, 4.69) is 10.6 Å². The van der Waals surface area contributed by atoms with Crippen LogP contribution in [-0.4, -0.2) is 30.4 Å². The second kappa shape index (κ2) is 9.20. The van der Waals surface area contributed by atoms with Crippen molar-refractivity contribution in [2.45, 2.75) is 52.0 Å². The second-order valence-corrected chi connectivity index (χ2v) is 6.43. The van der Waals surface area contributed by atoms with Gasteiger partial charge in [-0.1, -0.05) is 19.8 Å². The largest absolute Gasteiger partial charge is 0.462 e. The number of benzene rings is 1. The third-order valence-electron chi connectivity index (χ3n) is 4.34. The molecule has 0 unspecified atom stereocenters. The van der Waals surface area contributed by atoms with Crippen molar-refractivity contribution in [3.8, 4) is 0 Å². The van der Waals surface area contributed by atoms with E-state index in [1.54, 1.807) is 24.3 Å². The summed E-state index contributed by atoms with van der Waals surface area (Å²) in [6, 6.07) is 6.06. The first-order valence-electron chi connectivity index (χ1n) is 8.86. The van der Waals surface area contributed by atoms with E-state index in [-0.39, 0.29) is 23.7 Å². The molecule has 1 saturated carbocycles. The molecule has 2 amide bonds. The molecular formula is C19H26N2O4. The summed E-state index contributed by atoms with van der Waals surface area (Å²) in [6.07, 6.45) is 4.83. The molecule has 2 N–H and O–H groups in total. The molecule has 136 valence electrons. The minimum absolute atomic E-state index is 0.173. The van der Waals surface area contributed by atoms with Crippen LogP contribution in [0.25, 0.3) is 0 Å². The number of nitrogens with one attached hydrogen (secondary N) is 2. The maximum absolute atomic E-state index is 12.6. The Kier molecular flexibility index (Phi) is 6.98. The van der Waals surface area contributed by atoms with Crippen LogP contribution >= 0.6 is 0 Å². The SMILES string of the molecule is CCCOC(=O)c1ccc(NC(=O)[C@H](NC(C)=O)C2CCCC2)cc1. The summed E-state index contributed by atoms with van der Waals surface area (Å²) >= 11 is 0. The first-order chi connectivity index (χ1) is 12.0.